The van der Waals surface area contributed by atoms with Crippen LogP contribution in [0.4, 0.5) is 5.69 Å². The van der Waals surface area contributed by atoms with Gasteiger partial charge in [-0.3, -0.25) is 19.4 Å². The number of aromatic nitrogens is 3. The smallest absolute Gasteiger partial charge is 0.325 e. The molecule has 180 valence electrons. The molecule has 1 amide bonds. The van der Waals surface area contributed by atoms with Crippen molar-refractivity contribution < 1.29 is 23.7 Å². The predicted molar refractivity (Wildman–Crippen MR) is 135 cm³/mol. The van der Waals surface area contributed by atoms with Gasteiger partial charge in [-0.05, 0) is 44.9 Å². The first-order valence-corrected chi connectivity index (χ1v) is 12.3. The first-order valence-electron chi connectivity index (χ1n) is 10.5. The maximum Gasteiger partial charge on any atom is 0.325 e. The molecule has 0 aliphatic carbocycles. The summed E-state index contributed by atoms with van der Waals surface area (Å²) >= 11 is 4.77. The number of nitrogens with zero attached hydrogens (tertiary/aromatic N) is 3. The lowest BCUT2D eigenvalue weighted by atomic mass is 10.0. The lowest BCUT2D eigenvalue weighted by molar-refractivity contribution is -0.763. The SMILES string of the molecule is C=CCSc1n[n+]2c(c(=O)[nH]1)-c1ccccc1N(C(C)=O)[C@@H]2c1cc(Br)c(OC(C)=O)c(OC)c1. The molecule has 1 N–H and O–H groups in total. The zero-order chi connectivity index (χ0) is 25.3. The number of carbonyl (C=O) groups excluding carboxylic acids is 2. The van der Waals surface area contributed by atoms with E-state index in [2.05, 4.69) is 27.5 Å². The van der Waals surface area contributed by atoms with Gasteiger partial charge in [0.1, 0.15) is 0 Å². The van der Waals surface area contributed by atoms with Crippen molar-refractivity contribution in [2.24, 2.45) is 0 Å². The summed E-state index contributed by atoms with van der Waals surface area (Å²) in [6.45, 7) is 6.46. The van der Waals surface area contributed by atoms with Crippen molar-refractivity contribution in [3.63, 3.8) is 0 Å². The molecule has 1 aromatic heterocycles. The number of para-hydroxylation sites is 1. The van der Waals surface area contributed by atoms with Gasteiger partial charge in [0, 0.05) is 24.7 Å². The van der Waals surface area contributed by atoms with Crippen LogP contribution >= 0.6 is 27.7 Å². The van der Waals surface area contributed by atoms with Gasteiger partial charge in [0.15, 0.2) is 11.5 Å². The van der Waals surface area contributed by atoms with Crippen LogP contribution in [0.2, 0.25) is 0 Å². The summed E-state index contributed by atoms with van der Waals surface area (Å²) < 4.78 is 12.8. The van der Waals surface area contributed by atoms with Crippen molar-refractivity contribution in [2.75, 3.05) is 17.8 Å². The normalized spacial score (nSPS) is 14.1. The second-order valence-corrected chi connectivity index (χ2v) is 9.42. The minimum Gasteiger partial charge on any atom is -0.493 e. The summed E-state index contributed by atoms with van der Waals surface area (Å²) in [6, 6.07) is 10.5. The molecule has 0 spiro atoms. The van der Waals surface area contributed by atoms with Crippen LogP contribution in [-0.2, 0) is 9.59 Å². The Kier molecular flexibility index (Phi) is 7.08. The van der Waals surface area contributed by atoms with Crippen LogP contribution in [-0.4, -0.2) is 34.8 Å². The Morgan fingerprint density at radius 3 is 2.71 bits per heavy atom. The Hall–Kier alpha value is -3.44. The van der Waals surface area contributed by atoms with Crippen molar-refractivity contribution in [1.29, 1.82) is 0 Å². The van der Waals surface area contributed by atoms with Gasteiger partial charge in [-0.2, -0.15) is 0 Å². The number of hydrogen-bond acceptors (Lipinski definition) is 7. The molecule has 4 rings (SSSR count). The van der Waals surface area contributed by atoms with E-state index >= 15 is 0 Å². The van der Waals surface area contributed by atoms with Crippen molar-refractivity contribution in [1.82, 2.24) is 10.1 Å². The predicted octanol–water partition coefficient (Wildman–Crippen LogP) is 3.61. The molecule has 0 bridgehead atoms. The first kappa shape index (κ1) is 24.7. The maximum absolute atomic E-state index is 13.3. The van der Waals surface area contributed by atoms with E-state index in [1.807, 2.05) is 0 Å². The molecule has 1 atom stereocenters. The van der Waals surface area contributed by atoms with Crippen LogP contribution in [0.25, 0.3) is 11.3 Å². The Morgan fingerprint density at radius 1 is 1.31 bits per heavy atom. The highest BCUT2D eigenvalue weighted by Gasteiger charge is 2.45. The third-order valence-corrected chi connectivity index (χ3v) is 6.68. The van der Waals surface area contributed by atoms with Crippen LogP contribution in [0, 0.1) is 0 Å². The van der Waals surface area contributed by atoms with E-state index in [0.29, 0.717) is 37.9 Å². The second-order valence-electron chi connectivity index (χ2n) is 7.56. The highest BCUT2D eigenvalue weighted by Crippen LogP contribution is 2.42. The van der Waals surface area contributed by atoms with Gasteiger partial charge < -0.3 is 9.47 Å². The fourth-order valence-corrected chi connectivity index (χ4v) is 5.07. The van der Waals surface area contributed by atoms with Crippen molar-refractivity contribution >= 4 is 45.3 Å². The van der Waals surface area contributed by atoms with Gasteiger partial charge in [0.05, 0.1) is 28.4 Å². The molecule has 2 heterocycles. The largest absolute Gasteiger partial charge is 0.493 e. The molecule has 2 aromatic carbocycles. The summed E-state index contributed by atoms with van der Waals surface area (Å²) in [5.41, 5.74) is 1.71. The molecular formula is C24H22BrN4O5S+. The van der Waals surface area contributed by atoms with Crippen LogP contribution < -0.4 is 24.6 Å². The highest BCUT2D eigenvalue weighted by atomic mass is 79.9. The summed E-state index contributed by atoms with van der Waals surface area (Å²) in [7, 11) is 1.45. The molecule has 0 unspecified atom stereocenters. The van der Waals surface area contributed by atoms with Crippen LogP contribution in [0.15, 0.2) is 63.5 Å². The Bertz CT molecular complexity index is 1410. The molecule has 9 nitrogen and oxygen atoms in total. The van der Waals surface area contributed by atoms with Crippen molar-refractivity contribution in [3.8, 4) is 22.8 Å². The minimum atomic E-state index is -0.820. The summed E-state index contributed by atoms with van der Waals surface area (Å²) in [5, 5.41) is 5.08. The average Bonchev–Trinajstić information content (AvgIpc) is 2.82. The van der Waals surface area contributed by atoms with Gasteiger partial charge in [-0.15, -0.1) is 6.58 Å². The van der Waals surface area contributed by atoms with E-state index in [1.54, 1.807) is 52.1 Å². The van der Waals surface area contributed by atoms with Crippen molar-refractivity contribution in [3.05, 3.63) is 69.4 Å². The number of H-pyrrole nitrogens is 1. The number of thioether (sulfide) groups is 1. The number of amides is 1. The fourth-order valence-electron chi connectivity index (χ4n) is 3.95. The molecule has 0 saturated carbocycles. The number of fused-ring (bicyclic) bond motifs is 3. The number of rotatable bonds is 6. The molecule has 35 heavy (non-hydrogen) atoms. The summed E-state index contributed by atoms with van der Waals surface area (Å²) in [6.07, 6.45) is 0.887. The molecule has 1 aliphatic heterocycles. The number of ether oxygens (including phenoxy) is 2. The van der Waals surface area contributed by atoms with Crippen LogP contribution in [0.3, 0.4) is 0 Å². The maximum atomic E-state index is 13.3. The minimum absolute atomic E-state index is 0.209. The Balaban J connectivity index is 2.03. The number of anilines is 1. The molecular weight excluding hydrogens is 536 g/mol. The number of methoxy groups -OCH3 is 1. The molecule has 0 saturated heterocycles. The number of aromatic amines is 1. The second kappa shape index (κ2) is 10.0. The topological polar surface area (TPSA) is 105 Å². The quantitative estimate of drug-likeness (QED) is 0.162. The number of carbonyl (C=O) groups is 2. The number of nitrogens with one attached hydrogen (secondary N) is 1. The van der Waals surface area contributed by atoms with Gasteiger partial charge >= 0.3 is 17.2 Å². The lowest BCUT2D eigenvalue weighted by Crippen LogP contribution is -2.60. The number of benzene rings is 2. The number of esters is 1. The van der Waals surface area contributed by atoms with E-state index in [0.717, 1.165) is 0 Å². The molecule has 0 fully saturated rings. The van der Waals surface area contributed by atoms with Crippen LogP contribution in [0.1, 0.15) is 25.6 Å². The Morgan fingerprint density at radius 2 is 2.06 bits per heavy atom. The van der Waals surface area contributed by atoms with Gasteiger partial charge in [-0.25, -0.2) is 4.90 Å². The van der Waals surface area contributed by atoms with E-state index < -0.39 is 12.1 Å². The van der Waals surface area contributed by atoms with Gasteiger partial charge in [0.2, 0.25) is 11.1 Å². The average molecular weight is 558 g/mol. The van der Waals surface area contributed by atoms with E-state index in [-0.39, 0.29) is 23.0 Å². The lowest BCUT2D eigenvalue weighted by Gasteiger charge is -2.31. The zero-order valence-electron chi connectivity index (χ0n) is 19.2. The number of hydrogen-bond donors (Lipinski definition) is 1. The number of halogens is 1. The monoisotopic (exact) mass is 557 g/mol. The molecule has 11 heteroatoms. The van der Waals surface area contributed by atoms with Gasteiger partial charge in [-0.1, -0.05) is 30.0 Å². The third-order valence-electron chi connectivity index (χ3n) is 5.23. The van der Waals surface area contributed by atoms with E-state index in [4.69, 9.17) is 14.6 Å². The molecule has 0 radical (unpaired) electrons. The standard InChI is InChI=1S/C24H21BrN4O5S/c1-5-10-35-24-26-22(32)20-16-8-6-7-9-18(16)28(13(2)30)23(29(20)27-24)15-11-17(25)21(34-14(3)31)19(12-15)33-4/h5-9,11-12,23H,1,10H2,2-4H3/p+1/t23-/m0/s1. The fraction of sp³-hybridized carbons (Fsp3) is 0.208. The summed E-state index contributed by atoms with van der Waals surface area (Å²) in [4.78, 5) is 42.3. The van der Waals surface area contributed by atoms with E-state index in [9.17, 15) is 14.4 Å². The van der Waals surface area contributed by atoms with Gasteiger partial charge in [0.25, 0.3) is 6.17 Å². The zero-order valence-corrected chi connectivity index (χ0v) is 21.6. The Labute approximate surface area is 213 Å². The molecule has 1 aliphatic rings. The molecule has 3 aromatic rings. The van der Waals surface area contributed by atoms with E-state index in [1.165, 1.54) is 32.7 Å². The van der Waals surface area contributed by atoms with Crippen molar-refractivity contribution in [2.45, 2.75) is 25.2 Å². The van der Waals surface area contributed by atoms with Crippen LogP contribution in [0.5, 0.6) is 11.5 Å². The summed E-state index contributed by atoms with van der Waals surface area (Å²) in [5.74, 6) is 0.268. The highest BCUT2D eigenvalue weighted by molar-refractivity contribution is 9.10. The third kappa shape index (κ3) is 4.61. The first-order chi connectivity index (χ1) is 16.8.